The van der Waals surface area contributed by atoms with Crippen molar-refractivity contribution in [2.24, 2.45) is 0 Å². The Morgan fingerprint density at radius 1 is 0.895 bits per heavy atom. The maximum atomic E-state index is 9.05. The third-order valence-electron chi connectivity index (χ3n) is 3.28. The van der Waals surface area contributed by atoms with Gasteiger partial charge in [0.2, 0.25) is 0 Å². The minimum Gasteiger partial charge on any atom is -0.396 e. The zero-order valence-electron chi connectivity index (χ0n) is 11.3. The van der Waals surface area contributed by atoms with E-state index in [4.69, 9.17) is 5.11 Å². The van der Waals surface area contributed by atoms with Crippen LogP contribution in [0.4, 0.5) is 0 Å². The van der Waals surface area contributed by atoms with Gasteiger partial charge in [0.05, 0.1) is 6.04 Å². The lowest BCUT2D eigenvalue weighted by Crippen LogP contribution is -2.32. The summed E-state index contributed by atoms with van der Waals surface area (Å²) in [7, 11) is 0. The third-order valence-corrected chi connectivity index (χ3v) is 3.28. The van der Waals surface area contributed by atoms with E-state index >= 15 is 0 Å². The highest BCUT2D eigenvalue weighted by atomic mass is 16.3. The molecule has 2 aromatic carbocycles. The van der Waals surface area contributed by atoms with Gasteiger partial charge in [-0.05, 0) is 24.5 Å². The maximum Gasteiger partial charge on any atom is 0.0578 e. The zero-order chi connectivity index (χ0) is 13.5. The molecular weight excluding hydrogens is 234 g/mol. The predicted molar refractivity (Wildman–Crippen MR) is 79.0 cm³/mol. The van der Waals surface area contributed by atoms with Crippen molar-refractivity contribution in [1.29, 1.82) is 0 Å². The fourth-order valence-electron chi connectivity index (χ4n) is 2.24. The molecular formula is C17H21NO. The van der Waals surface area contributed by atoms with Gasteiger partial charge in [0.15, 0.2) is 0 Å². The van der Waals surface area contributed by atoms with Crippen LogP contribution in [0.15, 0.2) is 60.7 Å². The van der Waals surface area contributed by atoms with Gasteiger partial charge in [0.1, 0.15) is 0 Å². The summed E-state index contributed by atoms with van der Waals surface area (Å²) in [5.41, 5.74) is 2.50. The third kappa shape index (κ3) is 3.91. The molecule has 0 aliphatic heterocycles. The fourth-order valence-corrected chi connectivity index (χ4v) is 2.24. The van der Waals surface area contributed by atoms with Gasteiger partial charge in [0, 0.05) is 12.6 Å². The van der Waals surface area contributed by atoms with E-state index in [2.05, 4.69) is 60.8 Å². The zero-order valence-corrected chi connectivity index (χ0v) is 11.3. The Balaban J connectivity index is 2.24. The lowest BCUT2D eigenvalue weighted by Gasteiger charge is -2.24. The Morgan fingerprint density at radius 3 is 1.79 bits per heavy atom. The van der Waals surface area contributed by atoms with Crippen LogP contribution in [0.2, 0.25) is 0 Å². The number of aliphatic hydroxyl groups excluding tert-OH is 1. The van der Waals surface area contributed by atoms with Gasteiger partial charge in [-0.2, -0.15) is 0 Å². The molecule has 2 aromatic rings. The molecule has 1 atom stereocenters. The first-order valence-electron chi connectivity index (χ1n) is 6.78. The molecule has 0 saturated carbocycles. The Kier molecular flexibility index (Phi) is 5.13. The Hall–Kier alpha value is -1.64. The molecule has 0 aromatic heterocycles. The minimum atomic E-state index is 0.170. The van der Waals surface area contributed by atoms with Gasteiger partial charge in [-0.15, -0.1) is 0 Å². The molecule has 0 amide bonds. The van der Waals surface area contributed by atoms with Gasteiger partial charge in [-0.3, -0.25) is 0 Å². The Bertz CT molecular complexity index is 430. The molecule has 0 spiro atoms. The van der Waals surface area contributed by atoms with E-state index in [9.17, 15) is 0 Å². The first kappa shape index (κ1) is 13.8. The van der Waals surface area contributed by atoms with E-state index in [-0.39, 0.29) is 18.7 Å². The molecule has 0 saturated heterocycles. The standard InChI is InChI=1S/C17H21NO/c1-14(12-13-19)18-17(15-8-4-2-5-9-15)16-10-6-3-7-11-16/h2-11,14,17-19H,12-13H2,1H3. The van der Waals surface area contributed by atoms with Crippen molar-refractivity contribution in [1.82, 2.24) is 5.32 Å². The molecule has 1 unspecified atom stereocenters. The van der Waals surface area contributed by atoms with Crippen molar-refractivity contribution in [2.75, 3.05) is 6.61 Å². The van der Waals surface area contributed by atoms with Crippen LogP contribution in [0.1, 0.15) is 30.5 Å². The van der Waals surface area contributed by atoms with Crippen molar-refractivity contribution in [2.45, 2.75) is 25.4 Å². The second-order valence-electron chi connectivity index (χ2n) is 4.83. The number of hydrogen-bond donors (Lipinski definition) is 2. The summed E-state index contributed by atoms with van der Waals surface area (Å²) >= 11 is 0. The molecule has 0 bridgehead atoms. The molecule has 0 aliphatic carbocycles. The normalized spacial score (nSPS) is 12.6. The van der Waals surface area contributed by atoms with Crippen molar-refractivity contribution in [3.63, 3.8) is 0 Å². The van der Waals surface area contributed by atoms with Crippen LogP contribution in [-0.4, -0.2) is 17.8 Å². The van der Waals surface area contributed by atoms with Gasteiger partial charge >= 0.3 is 0 Å². The van der Waals surface area contributed by atoms with Crippen molar-refractivity contribution in [3.8, 4) is 0 Å². The summed E-state index contributed by atoms with van der Waals surface area (Å²) < 4.78 is 0. The summed E-state index contributed by atoms with van der Waals surface area (Å²) in [4.78, 5) is 0. The number of aliphatic hydroxyl groups is 1. The summed E-state index contributed by atoms with van der Waals surface area (Å²) in [6, 6.07) is 21.3. The summed E-state index contributed by atoms with van der Waals surface area (Å²) in [5, 5.41) is 12.6. The van der Waals surface area contributed by atoms with Crippen molar-refractivity contribution < 1.29 is 5.11 Å². The Morgan fingerprint density at radius 2 is 1.37 bits per heavy atom. The smallest absolute Gasteiger partial charge is 0.0578 e. The van der Waals surface area contributed by atoms with Gasteiger partial charge < -0.3 is 10.4 Å². The highest BCUT2D eigenvalue weighted by Gasteiger charge is 2.15. The molecule has 100 valence electrons. The summed E-state index contributed by atoms with van der Waals surface area (Å²) in [6.07, 6.45) is 0.760. The van der Waals surface area contributed by atoms with E-state index in [0.29, 0.717) is 0 Å². The first-order valence-corrected chi connectivity index (χ1v) is 6.78. The molecule has 0 fully saturated rings. The molecule has 0 heterocycles. The second kappa shape index (κ2) is 7.07. The quantitative estimate of drug-likeness (QED) is 0.831. The monoisotopic (exact) mass is 255 g/mol. The molecule has 2 N–H and O–H groups in total. The number of hydrogen-bond acceptors (Lipinski definition) is 2. The molecule has 2 nitrogen and oxygen atoms in total. The van der Waals surface area contributed by atoms with E-state index in [1.807, 2.05) is 12.1 Å². The number of nitrogens with one attached hydrogen (secondary N) is 1. The van der Waals surface area contributed by atoms with Crippen molar-refractivity contribution >= 4 is 0 Å². The van der Waals surface area contributed by atoms with E-state index < -0.39 is 0 Å². The highest BCUT2D eigenvalue weighted by Crippen LogP contribution is 2.22. The number of benzene rings is 2. The van der Waals surface area contributed by atoms with Crippen LogP contribution in [0.5, 0.6) is 0 Å². The minimum absolute atomic E-state index is 0.170. The molecule has 19 heavy (non-hydrogen) atoms. The van der Waals surface area contributed by atoms with Crippen LogP contribution >= 0.6 is 0 Å². The predicted octanol–water partition coefficient (Wildman–Crippen LogP) is 3.14. The highest BCUT2D eigenvalue weighted by molar-refractivity contribution is 5.31. The van der Waals surface area contributed by atoms with Crippen LogP contribution in [-0.2, 0) is 0 Å². The lowest BCUT2D eigenvalue weighted by atomic mass is 9.97. The van der Waals surface area contributed by atoms with Crippen molar-refractivity contribution in [3.05, 3.63) is 71.8 Å². The van der Waals surface area contributed by atoms with Crippen LogP contribution in [0.25, 0.3) is 0 Å². The van der Waals surface area contributed by atoms with Crippen LogP contribution < -0.4 is 5.32 Å². The summed E-state index contributed by atoms with van der Waals surface area (Å²) in [6.45, 7) is 2.32. The van der Waals surface area contributed by atoms with Crippen LogP contribution in [0.3, 0.4) is 0 Å². The molecule has 2 heteroatoms. The van der Waals surface area contributed by atoms with E-state index in [1.165, 1.54) is 11.1 Å². The maximum absolute atomic E-state index is 9.05. The van der Waals surface area contributed by atoms with E-state index in [0.717, 1.165) is 6.42 Å². The lowest BCUT2D eigenvalue weighted by molar-refractivity contribution is 0.266. The van der Waals surface area contributed by atoms with Gasteiger partial charge in [0.25, 0.3) is 0 Å². The number of rotatable bonds is 6. The first-order chi connectivity index (χ1) is 9.31. The Labute approximate surface area is 115 Å². The van der Waals surface area contributed by atoms with Crippen LogP contribution in [0, 0.1) is 0 Å². The SMILES string of the molecule is CC(CCO)NC(c1ccccc1)c1ccccc1. The molecule has 0 aliphatic rings. The second-order valence-corrected chi connectivity index (χ2v) is 4.83. The van der Waals surface area contributed by atoms with E-state index in [1.54, 1.807) is 0 Å². The average molecular weight is 255 g/mol. The summed E-state index contributed by atoms with van der Waals surface area (Å²) in [5.74, 6) is 0. The molecule has 0 radical (unpaired) electrons. The van der Waals surface area contributed by atoms with Gasteiger partial charge in [-0.25, -0.2) is 0 Å². The topological polar surface area (TPSA) is 32.3 Å². The largest absolute Gasteiger partial charge is 0.396 e. The molecule has 2 rings (SSSR count). The average Bonchev–Trinajstić information content (AvgIpc) is 2.47. The fraction of sp³-hybridized carbons (Fsp3) is 0.294. The van der Waals surface area contributed by atoms with Gasteiger partial charge in [-0.1, -0.05) is 60.7 Å².